The van der Waals surface area contributed by atoms with Gasteiger partial charge in [0.1, 0.15) is 6.54 Å². The average Bonchev–Trinajstić information content (AvgIpc) is 3.06. The summed E-state index contributed by atoms with van der Waals surface area (Å²) in [5.74, 6) is 0.0148. The Morgan fingerprint density at radius 2 is 2.18 bits per heavy atom. The van der Waals surface area contributed by atoms with Crippen LogP contribution in [0.15, 0.2) is 12.4 Å². The standard InChI is InChI=1S/C15H24N4O3/c1-13-8-16-19(9-13)10-14(20)18-3-2-15(21,12-18)11-17-4-6-22-7-5-17/h8-9,21H,2-7,10-12H2,1H3/t15-/m0/s1. The number of aryl methyl sites for hydroxylation is 1. The first-order valence-electron chi connectivity index (χ1n) is 7.83. The molecule has 1 aromatic heterocycles. The average molecular weight is 308 g/mol. The Bertz CT molecular complexity index is 527. The summed E-state index contributed by atoms with van der Waals surface area (Å²) in [6.45, 7) is 6.96. The summed E-state index contributed by atoms with van der Waals surface area (Å²) >= 11 is 0. The van der Waals surface area contributed by atoms with E-state index in [1.54, 1.807) is 15.8 Å². The number of β-amino-alcohol motifs (C(OH)–C–C–N with tert-alkyl or cyclic N) is 1. The van der Waals surface area contributed by atoms with Gasteiger partial charge in [0.05, 0.1) is 31.6 Å². The van der Waals surface area contributed by atoms with Crippen LogP contribution in [0.25, 0.3) is 0 Å². The van der Waals surface area contributed by atoms with E-state index in [0.29, 0.717) is 26.1 Å². The van der Waals surface area contributed by atoms with Crippen LogP contribution in [0.2, 0.25) is 0 Å². The second-order valence-corrected chi connectivity index (χ2v) is 6.39. The third kappa shape index (κ3) is 3.66. The lowest BCUT2D eigenvalue weighted by Crippen LogP contribution is -2.49. The van der Waals surface area contributed by atoms with Gasteiger partial charge in [-0.1, -0.05) is 0 Å². The van der Waals surface area contributed by atoms with E-state index in [1.807, 2.05) is 13.1 Å². The maximum atomic E-state index is 12.3. The van der Waals surface area contributed by atoms with Crippen LogP contribution >= 0.6 is 0 Å². The molecule has 0 aliphatic carbocycles. The molecular formula is C15H24N4O3. The molecule has 0 bridgehead atoms. The number of nitrogens with zero attached hydrogens (tertiary/aromatic N) is 4. The normalized spacial score (nSPS) is 26.5. The number of hydrogen-bond donors (Lipinski definition) is 1. The molecule has 1 N–H and O–H groups in total. The zero-order valence-electron chi connectivity index (χ0n) is 13.1. The Hall–Kier alpha value is -1.44. The van der Waals surface area contributed by atoms with Gasteiger partial charge in [0.25, 0.3) is 0 Å². The van der Waals surface area contributed by atoms with E-state index in [9.17, 15) is 9.90 Å². The third-order valence-corrected chi connectivity index (χ3v) is 4.37. The van der Waals surface area contributed by atoms with Gasteiger partial charge < -0.3 is 14.7 Å². The number of aromatic nitrogens is 2. The van der Waals surface area contributed by atoms with Gasteiger partial charge >= 0.3 is 0 Å². The van der Waals surface area contributed by atoms with E-state index in [0.717, 1.165) is 31.9 Å². The minimum absolute atomic E-state index is 0.0148. The number of morpholine rings is 1. The number of carbonyl (C=O) groups excluding carboxylic acids is 1. The zero-order chi connectivity index (χ0) is 15.6. The maximum absolute atomic E-state index is 12.3. The lowest BCUT2D eigenvalue weighted by molar-refractivity contribution is -0.132. The molecule has 7 heteroatoms. The molecule has 2 aliphatic rings. The fraction of sp³-hybridized carbons (Fsp3) is 0.733. The van der Waals surface area contributed by atoms with Crippen molar-refractivity contribution in [3.05, 3.63) is 18.0 Å². The first-order chi connectivity index (χ1) is 10.5. The Labute approximate surface area is 130 Å². The van der Waals surface area contributed by atoms with Crippen molar-refractivity contribution < 1.29 is 14.6 Å². The van der Waals surface area contributed by atoms with Crippen molar-refractivity contribution in [1.29, 1.82) is 0 Å². The molecule has 3 heterocycles. The van der Waals surface area contributed by atoms with Gasteiger partial charge in [-0.3, -0.25) is 14.4 Å². The van der Waals surface area contributed by atoms with Gasteiger partial charge in [0, 0.05) is 32.4 Å². The van der Waals surface area contributed by atoms with Crippen LogP contribution in [0, 0.1) is 6.92 Å². The first kappa shape index (κ1) is 15.5. The minimum Gasteiger partial charge on any atom is -0.387 e. The van der Waals surface area contributed by atoms with Gasteiger partial charge in [-0.2, -0.15) is 5.10 Å². The number of amides is 1. The van der Waals surface area contributed by atoms with Gasteiger partial charge in [-0.25, -0.2) is 0 Å². The zero-order valence-corrected chi connectivity index (χ0v) is 13.1. The molecule has 1 amide bonds. The molecule has 2 aliphatic heterocycles. The second-order valence-electron chi connectivity index (χ2n) is 6.39. The predicted molar refractivity (Wildman–Crippen MR) is 80.4 cm³/mol. The van der Waals surface area contributed by atoms with Gasteiger partial charge in [-0.05, 0) is 18.9 Å². The van der Waals surface area contributed by atoms with Crippen LogP contribution in [-0.4, -0.2) is 82.1 Å². The lowest BCUT2D eigenvalue weighted by atomic mass is 10.0. The summed E-state index contributed by atoms with van der Waals surface area (Å²) in [5.41, 5.74) is 0.241. The minimum atomic E-state index is -0.799. The third-order valence-electron chi connectivity index (χ3n) is 4.37. The molecule has 3 rings (SSSR count). The van der Waals surface area contributed by atoms with Crippen molar-refractivity contribution in [2.75, 3.05) is 45.9 Å². The SMILES string of the molecule is Cc1cnn(CC(=O)N2CC[C@](O)(CN3CCOCC3)C2)c1. The van der Waals surface area contributed by atoms with Gasteiger partial charge in [-0.15, -0.1) is 0 Å². The maximum Gasteiger partial charge on any atom is 0.244 e. The molecule has 0 saturated carbocycles. The quantitative estimate of drug-likeness (QED) is 0.811. The molecule has 0 spiro atoms. The molecule has 7 nitrogen and oxygen atoms in total. The molecule has 2 saturated heterocycles. The summed E-state index contributed by atoms with van der Waals surface area (Å²) in [6, 6.07) is 0. The van der Waals surface area contributed by atoms with Crippen LogP contribution in [0.3, 0.4) is 0 Å². The van der Waals surface area contributed by atoms with Crippen molar-refractivity contribution in [1.82, 2.24) is 19.6 Å². The van der Waals surface area contributed by atoms with E-state index in [1.165, 1.54) is 0 Å². The predicted octanol–water partition coefficient (Wildman–Crippen LogP) is -0.513. The highest BCUT2D eigenvalue weighted by Crippen LogP contribution is 2.23. The van der Waals surface area contributed by atoms with Crippen molar-refractivity contribution >= 4 is 5.91 Å². The summed E-state index contributed by atoms with van der Waals surface area (Å²) in [5, 5.41) is 14.9. The molecule has 2 fully saturated rings. The number of hydrogen-bond acceptors (Lipinski definition) is 5. The first-order valence-corrected chi connectivity index (χ1v) is 7.83. The molecule has 1 atom stereocenters. The lowest BCUT2D eigenvalue weighted by Gasteiger charge is -2.33. The van der Waals surface area contributed by atoms with Crippen LogP contribution in [0.4, 0.5) is 0 Å². The van der Waals surface area contributed by atoms with Crippen molar-refractivity contribution in [3.63, 3.8) is 0 Å². The Balaban J connectivity index is 1.53. The van der Waals surface area contributed by atoms with Crippen molar-refractivity contribution in [3.8, 4) is 0 Å². The molecule has 1 aromatic rings. The Morgan fingerprint density at radius 3 is 2.86 bits per heavy atom. The van der Waals surface area contributed by atoms with E-state index >= 15 is 0 Å². The van der Waals surface area contributed by atoms with Gasteiger partial charge in [0.2, 0.25) is 5.91 Å². The molecule has 0 radical (unpaired) electrons. The second kappa shape index (κ2) is 6.36. The molecule has 0 unspecified atom stereocenters. The number of carbonyl (C=O) groups is 1. The highest BCUT2D eigenvalue weighted by Gasteiger charge is 2.39. The monoisotopic (exact) mass is 308 g/mol. The van der Waals surface area contributed by atoms with Crippen LogP contribution < -0.4 is 0 Å². The summed E-state index contributed by atoms with van der Waals surface area (Å²) in [7, 11) is 0. The van der Waals surface area contributed by atoms with E-state index in [4.69, 9.17) is 4.74 Å². The Kier molecular flexibility index (Phi) is 4.46. The van der Waals surface area contributed by atoms with Gasteiger partial charge in [0.15, 0.2) is 0 Å². The molecule has 0 aromatic carbocycles. The molecular weight excluding hydrogens is 284 g/mol. The van der Waals surface area contributed by atoms with E-state index < -0.39 is 5.60 Å². The number of rotatable bonds is 4. The smallest absolute Gasteiger partial charge is 0.244 e. The highest BCUT2D eigenvalue weighted by atomic mass is 16.5. The number of aliphatic hydroxyl groups is 1. The fourth-order valence-corrected chi connectivity index (χ4v) is 3.17. The summed E-state index contributed by atoms with van der Waals surface area (Å²) < 4.78 is 6.98. The topological polar surface area (TPSA) is 70.8 Å². The van der Waals surface area contributed by atoms with Crippen LogP contribution in [0.5, 0.6) is 0 Å². The van der Waals surface area contributed by atoms with Crippen molar-refractivity contribution in [2.45, 2.75) is 25.5 Å². The van der Waals surface area contributed by atoms with E-state index in [2.05, 4.69) is 10.00 Å². The summed E-state index contributed by atoms with van der Waals surface area (Å²) in [4.78, 5) is 16.3. The fourth-order valence-electron chi connectivity index (χ4n) is 3.17. The largest absolute Gasteiger partial charge is 0.387 e. The van der Waals surface area contributed by atoms with Crippen molar-refractivity contribution in [2.24, 2.45) is 0 Å². The van der Waals surface area contributed by atoms with Crippen LogP contribution in [0.1, 0.15) is 12.0 Å². The van der Waals surface area contributed by atoms with E-state index in [-0.39, 0.29) is 12.5 Å². The summed E-state index contributed by atoms with van der Waals surface area (Å²) in [6.07, 6.45) is 4.23. The molecule has 22 heavy (non-hydrogen) atoms. The number of ether oxygens (including phenoxy) is 1. The van der Waals surface area contributed by atoms with Crippen LogP contribution in [-0.2, 0) is 16.1 Å². The molecule has 122 valence electrons. The Morgan fingerprint density at radius 1 is 1.41 bits per heavy atom. The number of likely N-dealkylation sites (tertiary alicyclic amines) is 1. The highest BCUT2D eigenvalue weighted by molar-refractivity contribution is 5.76.